The van der Waals surface area contributed by atoms with E-state index in [-0.39, 0.29) is 0 Å². The topological polar surface area (TPSA) is 24.5 Å². The molecular formula is C16H26N2O. The van der Waals surface area contributed by atoms with Crippen LogP contribution in [0.3, 0.4) is 0 Å². The van der Waals surface area contributed by atoms with Gasteiger partial charge in [-0.15, -0.1) is 0 Å². The number of benzene rings is 1. The van der Waals surface area contributed by atoms with E-state index in [4.69, 9.17) is 4.74 Å². The standard InChI is InChI=1S/C16H26N2O/c1-3-17-16(14-8-5-4-6-9-14)13-18(2)12-15-10-7-11-19-15/h4-6,8-9,15-17H,3,7,10-13H2,1-2H3. The van der Waals surface area contributed by atoms with Gasteiger partial charge < -0.3 is 15.0 Å². The van der Waals surface area contributed by atoms with Crippen LogP contribution < -0.4 is 5.32 Å². The lowest BCUT2D eigenvalue weighted by atomic mass is 10.1. The predicted octanol–water partition coefficient (Wildman–Crippen LogP) is 2.45. The third-order valence-corrected chi connectivity index (χ3v) is 3.69. The number of hydrogen-bond acceptors (Lipinski definition) is 3. The van der Waals surface area contributed by atoms with Gasteiger partial charge in [-0.3, -0.25) is 0 Å². The number of ether oxygens (including phenoxy) is 1. The molecule has 1 aromatic carbocycles. The molecule has 0 aliphatic carbocycles. The molecule has 19 heavy (non-hydrogen) atoms. The Balaban J connectivity index is 1.88. The summed E-state index contributed by atoms with van der Waals surface area (Å²) in [6, 6.07) is 11.1. The van der Waals surface area contributed by atoms with Crippen LogP contribution in [-0.4, -0.2) is 44.3 Å². The van der Waals surface area contributed by atoms with E-state index in [0.717, 1.165) is 26.2 Å². The molecule has 1 aliphatic rings. The van der Waals surface area contributed by atoms with Gasteiger partial charge in [0, 0.05) is 25.7 Å². The van der Waals surface area contributed by atoms with Gasteiger partial charge in [-0.05, 0) is 32.0 Å². The van der Waals surface area contributed by atoms with E-state index in [2.05, 4.69) is 54.5 Å². The minimum absolute atomic E-state index is 0.401. The summed E-state index contributed by atoms with van der Waals surface area (Å²) in [4.78, 5) is 2.39. The van der Waals surface area contributed by atoms with Gasteiger partial charge in [-0.1, -0.05) is 37.3 Å². The summed E-state index contributed by atoms with van der Waals surface area (Å²) in [5, 5.41) is 3.57. The van der Waals surface area contributed by atoms with Crippen molar-refractivity contribution in [1.82, 2.24) is 10.2 Å². The Morgan fingerprint density at radius 2 is 2.16 bits per heavy atom. The zero-order chi connectivity index (χ0) is 13.5. The summed E-state index contributed by atoms with van der Waals surface area (Å²) in [6.07, 6.45) is 2.86. The summed E-state index contributed by atoms with van der Waals surface area (Å²) < 4.78 is 5.71. The fourth-order valence-electron chi connectivity index (χ4n) is 2.74. The zero-order valence-corrected chi connectivity index (χ0v) is 12.1. The monoisotopic (exact) mass is 262 g/mol. The maximum absolute atomic E-state index is 5.71. The number of likely N-dealkylation sites (N-methyl/N-ethyl adjacent to an activating group) is 2. The van der Waals surface area contributed by atoms with Crippen LogP contribution in [0.25, 0.3) is 0 Å². The third-order valence-electron chi connectivity index (χ3n) is 3.69. The van der Waals surface area contributed by atoms with Gasteiger partial charge in [-0.25, -0.2) is 0 Å². The highest BCUT2D eigenvalue weighted by Crippen LogP contribution is 2.16. The molecule has 2 unspecified atom stereocenters. The second kappa shape index (κ2) is 7.63. The lowest BCUT2D eigenvalue weighted by Crippen LogP contribution is -2.36. The second-order valence-corrected chi connectivity index (χ2v) is 5.38. The lowest BCUT2D eigenvalue weighted by molar-refractivity contribution is 0.0784. The summed E-state index contributed by atoms with van der Waals surface area (Å²) in [5.74, 6) is 0. The molecule has 0 aromatic heterocycles. The van der Waals surface area contributed by atoms with Crippen molar-refractivity contribution in [2.24, 2.45) is 0 Å². The fourth-order valence-corrected chi connectivity index (χ4v) is 2.74. The molecule has 1 N–H and O–H groups in total. The molecule has 0 amide bonds. The average molecular weight is 262 g/mol. The van der Waals surface area contributed by atoms with Crippen LogP contribution in [0.1, 0.15) is 31.4 Å². The van der Waals surface area contributed by atoms with Gasteiger partial charge in [0.15, 0.2) is 0 Å². The van der Waals surface area contributed by atoms with E-state index in [1.54, 1.807) is 0 Å². The molecule has 0 saturated carbocycles. The highest BCUT2D eigenvalue weighted by molar-refractivity contribution is 5.19. The number of hydrogen-bond donors (Lipinski definition) is 1. The van der Waals surface area contributed by atoms with Crippen molar-refractivity contribution in [1.29, 1.82) is 0 Å². The van der Waals surface area contributed by atoms with Crippen LogP contribution >= 0.6 is 0 Å². The molecule has 0 radical (unpaired) electrons. The minimum atomic E-state index is 0.401. The Kier molecular flexibility index (Phi) is 5.83. The van der Waals surface area contributed by atoms with E-state index in [1.807, 2.05) is 0 Å². The van der Waals surface area contributed by atoms with Crippen molar-refractivity contribution in [3.05, 3.63) is 35.9 Å². The van der Waals surface area contributed by atoms with Gasteiger partial charge in [-0.2, -0.15) is 0 Å². The van der Waals surface area contributed by atoms with Crippen molar-refractivity contribution >= 4 is 0 Å². The molecule has 3 nitrogen and oxygen atoms in total. The normalized spacial score (nSPS) is 20.9. The van der Waals surface area contributed by atoms with Crippen molar-refractivity contribution in [3.8, 4) is 0 Å². The van der Waals surface area contributed by atoms with Crippen LogP contribution in [0, 0.1) is 0 Å². The number of rotatable bonds is 7. The van der Waals surface area contributed by atoms with Gasteiger partial charge in [0.2, 0.25) is 0 Å². The Morgan fingerprint density at radius 1 is 1.37 bits per heavy atom. The van der Waals surface area contributed by atoms with Crippen LogP contribution in [0.4, 0.5) is 0 Å². The van der Waals surface area contributed by atoms with E-state index in [0.29, 0.717) is 12.1 Å². The van der Waals surface area contributed by atoms with E-state index in [1.165, 1.54) is 18.4 Å². The molecule has 1 aliphatic heterocycles. The SMILES string of the molecule is CCNC(CN(C)CC1CCCO1)c1ccccc1. The van der Waals surface area contributed by atoms with Crippen LogP contribution in [-0.2, 0) is 4.74 Å². The number of nitrogens with one attached hydrogen (secondary N) is 1. The first kappa shape index (κ1) is 14.5. The molecule has 0 spiro atoms. The zero-order valence-electron chi connectivity index (χ0n) is 12.1. The molecule has 106 valence electrons. The van der Waals surface area contributed by atoms with Gasteiger partial charge >= 0.3 is 0 Å². The van der Waals surface area contributed by atoms with E-state index < -0.39 is 0 Å². The minimum Gasteiger partial charge on any atom is -0.377 e. The smallest absolute Gasteiger partial charge is 0.0702 e. The van der Waals surface area contributed by atoms with Gasteiger partial charge in [0.25, 0.3) is 0 Å². The maximum atomic E-state index is 5.71. The van der Waals surface area contributed by atoms with Crippen molar-refractivity contribution in [2.75, 3.05) is 33.3 Å². The fraction of sp³-hybridized carbons (Fsp3) is 0.625. The largest absolute Gasteiger partial charge is 0.377 e. The Morgan fingerprint density at radius 3 is 2.79 bits per heavy atom. The first-order chi connectivity index (χ1) is 9.29. The summed E-state index contributed by atoms with van der Waals surface area (Å²) in [6.45, 7) is 6.16. The molecule has 1 saturated heterocycles. The van der Waals surface area contributed by atoms with Crippen LogP contribution in [0.15, 0.2) is 30.3 Å². The first-order valence-electron chi connectivity index (χ1n) is 7.38. The third kappa shape index (κ3) is 4.60. The first-order valence-corrected chi connectivity index (χ1v) is 7.38. The van der Waals surface area contributed by atoms with Crippen LogP contribution in [0.2, 0.25) is 0 Å². The average Bonchev–Trinajstić information content (AvgIpc) is 2.92. The lowest BCUT2D eigenvalue weighted by Gasteiger charge is -2.26. The summed E-state index contributed by atoms with van der Waals surface area (Å²) in [5.41, 5.74) is 1.36. The molecule has 1 fully saturated rings. The highest BCUT2D eigenvalue weighted by atomic mass is 16.5. The van der Waals surface area contributed by atoms with E-state index in [9.17, 15) is 0 Å². The van der Waals surface area contributed by atoms with Crippen molar-refractivity contribution in [3.63, 3.8) is 0 Å². The molecule has 3 heteroatoms. The molecular weight excluding hydrogens is 236 g/mol. The Labute approximate surface area is 116 Å². The summed E-state index contributed by atoms with van der Waals surface area (Å²) in [7, 11) is 2.19. The second-order valence-electron chi connectivity index (χ2n) is 5.38. The maximum Gasteiger partial charge on any atom is 0.0702 e. The molecule has 2 atom stereocenters. The summed E-state index contributed by atoms with van der Waals surface area (Å²) >= 11 is 0. The Bertz CT molecular complexity index is 349. The molecule has 1 heterocycles. The predicted molar refractivity (Wildman–Crippen MR) is 79.3 cm³/mol. The molecule has 1 aromatic rings. The molecule has 2 rings (SSSR count). The van der Waals surface area contributed by atoms with Crippen molar-refractivity contribution in [2.45, 2.75) is 31.9 Å². The van der Waals surface area contributed by atoms with Crippen LogP contribution in [0.5, 0.6) is 0 Å². The quantitative estimate of drug-likeness (QED) is 0.817. The van der Waals surface area contributed by atoms with Gasteiger partial charge in [0.1, 0.15) is 0 Å². The molecule has 0 bridgehead atoms. The Hall–Kier alpha value is -0.900. The van der Waals surface area contributed by atoms with Crippen molar-refractivity contribution < 1.29 is 4.74 Å². The number of nitrogens with zero attached hydrogens (tertiary/aromatic N) is 1. The van der Waals surface area contributed by atoms with E-state index >= 15 is 0 Å². The van der Waals surface area contributed by atoms with Gasteiger partial charge in [0.05, 0.1) is 6.10 Å². The highest BCUT2D eigenvalue weighted by Gasteiger charge is 2.19.